The normalized spacial score (nSPS) is 13.2. The van der Waals surface area contributed by atoms with E-state index in [2.05, 4.69) is 57.4 Å². The fraction of sp³-hybridized carbons (Fsp3) is 0.714. The predicted molar refractivity (Wildman–Crippen MR) is 126 cm³/mol. The van der Waals surface area contributed by atoms with Gasteiger partial charge in [-0.25, -0.2) is 0 Å². The molecular formula is C21H42O3Si3. The molecule has 0 N–H and O–H groups in total. The minimum absolute atomic E-state index is 0.891. The van der Waals surface area contributed by atoms with Gasteiger partial charge in [-0.2, -0.15) is 0 Å². The van der Waals surface area contributed by atoms with Gasteiger partial charge >= 0.3 is 8.80 Å². The van der Waals surface area contributed by atoms with Gasteiger partial charge in [-0.1, -0.05) is 106 Å². The van der Waals surface area contributed by atoms with Gasteiger partial charge in [-0.3, -0.25) is 0 Å². The Balaban J connectivity index is 2.72. The summed E-state index contributed by atoms with van der Waals surface area (Å²) >= 11 is 0. The Bertz CT molecular complexity index is 532. The first-order chi connectivity index (χ1) is 12.7. The molecule has 156 valence electrons. The van der Waals surface area contributed by atoms with Crippen LogP contribution in [0, 0.1) is 0 Å². The van der Waals surface area contributed by atoms with E-state index in [0.717, 1.165) is 12.5 Å². The molecule has 0 aromatic heterocycles. The van der Waals surface area contributed by atoms with Gasteiger partial charge in [0.1, 0.15) is 0 Å². The van der Waals surface area contributed by atoms with Crippen molar-refractivity contribution >= 4 is 35.3 Å². The summed E-state index contributed by atoms with van der Waals surface area (Å²) in [6, 6.07) is 13.2. The Kier molecular flexibility index (Phi) is 10.2. The highest BCUT2D eigenvalue weighted by atomic mass is 28.4. The van der Waals surface area contributed by atoms with E-state index in [9.17, 15) is 0 Å². The van der Waals surface area contributed by atoms with Crippen LogP contribution in [0.25, 0.3) is 0 Å². The lowest BCUT2D eigenvalue weighted by Crippen LogP contribution is -2.46. The maximum atomic E-state index is 5.56. The second kappa shape index (κ2) is 11.1. The van der Waals surface area contributed by atoms with Crippen LogP contribution in [0.1, 0.15) is 32.6 Å². The van der Waals surface area contributed by atoms with Crippen LogP contribution in [-0.4, -0.2) is 46.3 Å². The number of rotatable bonds is 13. The van der Waals surface area contributed by atoms with Gasteiger partial charge in [0, 0.05) is 27.4 Å². The molecule has 0 aliphatic carbocycles. The average Bonchev–Trinajstić information content (AvgIpc) is 2.66. The number of hydrogen-bond donors (Lipinski definition) is 0. The molecule has 0 radical (unpaired) electrons. The first-order valence-corrected chi connectivity index (χ1v) is 18.8. The Morgan fingerprint density at radius 3 is 1.41 bits per heavy atom. The molecule has 0 aliphatic rings. The highest BCUT2D eigenvalue weighted by molar-refractivity contribution is 6.91. The summed E-state index contributed by atoms with van der Waals surface area (Å²) in [6.45, 7) is 12.3. The van der Waals surface area contributed by atoms with Crippen LogP contribution >= 0.6 is 0 Å². The van der Waals surface area contributed by atoms with E-state index < -0.39 is 25.0 Å². The summed E-state index contributed by atoms with van der Waals surface area (Å²) < 4.78 is 16.7. The van der Waals surface area contributed by atoms with Gasteiger partial charge in [-0.15, -0.1) is 0 Å². The summed E-state index contributed by atoms with van der Waals surface area (Å²) in [5, 5.41) is 3.17. The molecule has 0 fully saturated rings. The highest BCUT2D eigenvalue weighted by Gasteiger charge is 2.38. The van der Waals surface area contributed by atoms with Crippen LogP contribution in [0.2, 0.25) is 44.3 Å². The second-order valence-corrected chi connectivity index (χ2v) is 21.7. The molecule has 0 unspecified atom stereocenters. The summed E-state index contributed by atoms with van der Waals surface area (Å²) in [4.78, 5) is 0. The molecule has 1 rings (SSSR count). The zero-order valence-electron chi connectivity index (χ0n) is 19.0. The van der Waals surface area contributed by atoms with Crippen molar-refractivity contribution in [3.8, 4) is 0 Å². The number of unbranched alkanes of at least 4 members (excludes halogenated alkanes) is 2. The lowest BCUT2D eigenvalue weighted by atomic mass is 10.3. The van der Waals surface area contributed by atoms with Crippen molar-refractivity contribution < 1.29 is 13.3 Å². The molecule has 0 aliphatic heterocycles. The van der Waals surface area contributed by atoms with Gasteiger partial charge in [-0.05, 0) is 0 Å². The van der Waals surface area contributed by atoms with Crippen molar-refractivity contribution in [2.75, 3.05) is 21.3 Å². The zero-order chi connectivity index (χ0) is 20.6. The van der Waals surface area contributed by atoms with Gasteiger partial charge in [0.2, 0.25) is 0 Å². The van der Waals surface area contributed by atoms with Gasteiger partial charge < -0.3 is 13.3 Å². The third-order valence-corrected chi connectivity index (χ3v) is 15.9. The largest absolute Gasteiger partial charge is 0.500 e. The topological polar surface area (TPSA) is 27.7 Å². The molecule has 0 bridgehead atoms. The summed E-state index contributed by atoms with van der Waals surface area (Å²) in [6.07, 6.45) is 5.15. The van der Waals surface area contributed by atoms with Gasteiger partial charge in [0.25, 0.3) is 0 Å². The maximum Gasteiger partial charge on any atom is 0.500 e. The van der Waals surface area contributed by atoms with Crippen molar-refractivity contribution in [2.45, 2.75) is 76.9 Å². The molecule has 0 spiro atoms. The maximum absolute atomic E-state index is 5.56. The molecule has 1 aromatic carbocycles. The quantitative estimate of drug-likeness (QED) is 0.329. The van der Waals surface area contributed by atoms with Crippen LogP contribution in [-0.2, 0) is 13.3 Å². The summed E-state index contributed by atoms with van der Waals surface area (Å²) in [5.74, 6) is 0. The van der Waals surface area contributed by atoms with E-state index in [4.69, 9.17) is 13.3 Å². The number of benzene rings is 1. The van der Waals surface area contributed by atoms with Crippen LogP contribution in [0.5, 0.6) is 0 Å². The Labute approximate surface area is 171 Å². The van der Waals surface area contributed by atoms with Crippen molar-refractivity contribution in [1.82, 2.24) is 0 Å². The summed E-state index contributed by atoms with van der Waals surface area (Å²) in [5.41, 5.74) is 0. The minimum atomic E-state index is -2.44. The van der Waals surface area contributed by atoms with Crippen LogP contribution < -0.4 is 10.4 Å². The van der Waals surface area contributed by atoms with E-state index in [1.54, 1.807) is 31.7 Å². The first-order valence-electron chi connectivity index (χ1n) is 10.4. The van der Waals surface area contributed by atoms with E-state index in [1.807, 2.05) is 0 Å². The van der Waals surface area contributed by atoms with Gasteiger partial charge in [0.15, 0.2) is 0 Å². The van der Waals surface area contributed by atoms with Crippen LogP contribution in [0.4, 0.5) is 0 Å². The highest BCUT2D eigenvalue weighted by Crippen LogP contribution is 2.21. The van der Waals surface area contributed by atoms with E-state index >= 15 is 0 Å². The fourth-order valence-electron chi connectivity index (χ4n) is 3.78. The zero-order valence-corrected chi connectivity index (χ0v) is 22.0. The molecule has 6 heteroatoms. The van der Waals surface area contributed by atoms with Crippen molar-refractivity contribution in [2.24, 2.45) is 0 Å². The molecule has 0 saturated heterocycles. The molecular weight excluding hydrogens is 384 g/mol. The SMILES string of the molecule is CCCCC[Si](C)(C)c1ccc([Si](C)(C)CCC[Si](OC)(OC)OC)cc1. The fourth-order valence-corrected chi connectivity index (χ4v) is 10.8. The van der Waals surface area contributed by atoms with Crippen molar-refractivity contribution in [3.63, 3.8) is 0 Å². The van der Waals surface area contributed by atoms with E-state index in [0.29, 0.717) is 0 Å². The van der Waals surface area contributed by atoms with E-state index in [1.165, 1.54) is 31.4 Å². The molecule has 3 nitrogen and oxygen atoms in total. The van der Waals surface area contributed by atoms with Crippen molar-refractivity contribution in [1.29, 1.82) is 0 Å². The second-order valence-electron chi connectivity index (χ2n) is 8.95. The van der Waals surface area contributed by atoms with Crippen LogP contribution in [0.3, 0.4) is 0 Å². The smallest absolute Gasteiger partial charge is 0.377 e. The lowest BCUT2D eigenvalue weighted by molar-refractivity contribution is 0.123. The molecule has 0 saturated carbocycles. The third kappa shape index (κ3) is 7.25. The first kappa shape index (κ1) is 24.8. The molecule has 0 heterocycles. The van der Waals surface area contributed by atoms with Crippen molar-refractivity contribution in [3.05, 3.63) is 24.3 Å². The molecule has 0 amide bonds. The number of hydrogen-bond acceptors (Lipinski definition) is 3. The average molecular weight is 427 g/mol. The minimum Gasteiger partial charge on any atom is -0.377 e. The Hall–Kier alpha value is -0.249. The van der Waals surface area contributed by atoms with Gasteiger partial charge in [0.05, 0.1) is 16.1 Å². The Morgan fingerprint density at radius 2 is 1.04 bits per heavy atom. The molecule has 0 atom stereocenters. The van der Waals surface area contributed by atoms with Crippen LogP contribution in [0.15, 0.2) is 24.3 Å². The molecule has 27 heavy (non-hydrogen) atoms. The Morgan fingerprint density at radius 1 is 0.630 bits per heavy atom. The predicted octanol–water partition coefficient (Wildman–Crippen LogP) is 4.98. The standard InChI is InChI=1S/C21H42O3Si3/c1-9-10-11-17-25(5,6)20-13-15-21(16-14-20)26(7,8)18-12-19-27(22-2,23-3)24-4/h13-16H,9-12,17-19H2,1-8H3. The monoisotopic (exact) mass is 426 g/mol. The third-order valence-electron chi connectivity index (χ3n) is 6.07. The summed E-state index contributed by atoms with van der Waals surface area (Å²) in [7, 11) is -0.0891. The lowest BCUT2D eigenvalue weighted by Gasteiger charge is -2.28. The van der Waals surface area contributed by atoms with E-state index in [-0.39, 0.29) is 0 Å². The molecule has 1 aromatic rings.